The van der Waals surface area contributed by atoms with Crippen molar-refractivity contribution in [2.24, 2.45) is 0 Å². The van der Waals surface area contributed by atoms with Gasteiger partial charge in [-0.1, -0.05) is 18.2 Å². The van der Waals surface area contributed by atoms with E-state index in [4.69, 9.17) is 4.74 Å². The van der Waals surface area contributed by atoms with Crippen LogP contribution in [-0.2, 0) is 11.3 Å². The minimum absolute atomic E-state index is 0.0385. The van der Waals surface area contributed by atoms with E-state index in [0.29, 0.717) is 34.2 Å². The Bertz CT molecular complexity index is 1050. The first kappa shape index (κ1) is 17.7. The maximum absolute atomic E-state index is 12.9. The van der Waals surface area contributed by atoms with Gasteiger partial charge in [0, 0.05) is 17.6 Å². The molecular formula is C20H19N5O3. The number of aryl methyl sites for hydroxylation is 1. The minimum Gasteiger partial charge on any atom is -0.453 e. The monoisotopic (exact) mass is 377 g/mol. The Balaban J connectivity index is 1.84. The molecule has 0 radical (unpaired) electrons. The number of para-hydroxylation sites is 1. The molecule has 2 aromatic heterocycles. The van der Waals surface area contributed by atoms with Crippen LogP contribution >= 0.6 is 0 Å². The molecule has 0 aliphatic carbocycles. The van der Waals surface area contributed by atoms with E-state index in [9.17, 15) is 9.59 Å². The van der Waals surface area contributed by atoms with Gasteiger partial charge >= 0.3 is 6.09 Å². The van der Waals surface area contributed by atoms with Crippen LogP contribution in [0, 0.1) is 6.92 Å². The first-order valence-corrected chi connectivity index (χ1v) is 8.80. The number of Topliss-reactive ketones (excluding diaryl/α,β-unsaturated/α-hetero) is 1. The predicted octanol–water partition coefficient (Wildman–Crippen LogP) is 3.29. The fraction of sp³-hybridized carbons (Fsp3) is 0.200. The van der Waals surface area contributed by atoms with E-state index in [1.807, 2.05) is 30.3 Å². The van der Waals surface area contributed by atoms with Crippen molar-refractivity contribution in [1.82, 2.24) is 19.9 Å². The quantitative estimate of drug-likeness (QED) is 0.726. The van der Waals surface area contributed by atoms with Gasteiger partial charge in [0.25, 0.3) is 0 Å². The molecule has 4 rings (SSSR count). The molecule has 3 aromatic rings. The third-order valence-corrected chi connectivity index (χ3v) is 4.55. The number of benzene rings is 1. The predicted molar refractivity (Wildman–Crippen MR) is 103 cm³/mol. The van der Waals surface area contributed by atoms with E-state index >= 15 is 0 Å². The zero-order valence-corrected chi connectivity index (χ0v) is 15.5. The summed E-state index contributed by atoms with van der Waals surface area (Å²) in [5.74, 6) is 0.455. The zero-order chi connectivity index (χ0) is 19.7. The third kappa shape index (κ3) is 3.20. The molecule has 1 amide bonds. The SMILES string of the molecule is COC(=O)N1CC(=O)c2c([nH]c(-c3ccnc(C)n3)c2Nc2ccccc2)C1. The lowest BCUT2D eigenvalue weighted by Crippen LogP contribution is -2.39. The number of nitrogens with one attached hydrogen (secondary N) is 2. The number of amides is 1. The molecule has 0 saturated carbocycles. The average molecular weight is 377 g/mol. The number of methoxy groups -OCH3 is 1. The van der Waals surface area contributed by atoms with Crippen LogP contribution in [0.2, 0.25) is 0 Å². The van der Waals surface area contributed by atoms with Crippen LogP contribution in [0.1, 0.15) is 21.9 Å². The number of nitrogens with zero attached hydrogens (tertiary/aromatic N) is 3. The van der Waals surface area contributed by atoms with Gasteiger partial charge in [-0.25, -0.2) is 14.8 Å². The Morgan fingerprint density at radius 2 is 2.00 bits per heavy atom. The molecule has 8 nitrogen and oxygen atoms in total. The number of aromatic amines is 1. The second-order valence-corrected chi connectivity index (χ2v) is 6.46. The molecular weight excluding hydrogens is 358 g/mol. The van der Waals surface area contributed by atoms with Gasteiger partial charge in [0.2, 0.25) is 0 Å². The van der Waals surface area contributed by atoms with Crippen molar-refractivity contribution >= 4 is 23.3 Å². The summed E-state index contributed by atoms with van der Waals surface area (Å²) < 4.78 is 4.77. The molecule has 1 aromatic carbocycles. The molecule has 0 unspecified atom stereocenters. The van der Waals surface area contributed by atoms with Gasteiger partial charge in [-0.2, -0.15) is 0 Å². The van der Waals surface area contributed by atoms with E-state index in [1.165, 1.54) is 12.0 Å². The highest BCUT2D eigenvalue weighted by Crippen LogP contribution is 2.37. The number of hydrogen-bond donors (Lipinski definition) is 2. The highest BCUT2D eigenvalue weighted by molar-refractivity contribution is 6.09. The number of carbonyl (C=O) groups excluding carboxylic acids is 2. The second-order valence-electron chi connectivity index (χ2n) is 6.46. The van der Waals surface area contributed by atoms with Crippen LogP contribution in [-0.4, -0.2) is 45.4 Å². The van der Waals surface area contributed by atoms with E-state index in [-0.39, 0.29) is 18.9 Å². The Hall–Kier alpha value is -3.68. The maximum Gasteiger partial charge on any atom is 0.410 e. The molecule has 0 saturated heterocycles. The van der Waals surface area contributed by atoms with E-state index in [0.717, 1.165) is 5.69 Å². The van der Waals surface area contributed by atoms with E-state index in [2.05, 4.69) is 20.3 Å². The second kappa shape index (κ2) is 7.15. The Kier molecular flexibility index (Phi) is 4.52. The van der Waals surface area contributed by atoms with Gasteiger partial charge in [-0.3, -0.25) is 9.69 Å². The maximum atomic E-state index is 12.9. The van der Waals surface area contributed by atoms with Crippen molar-refractivity contribution in [3.8, 4) is 11.4 Å². The van der Waals surface area contributed by atoms with E-state index < -0.39 is 6.09 Å². The fourth-order valence-electron chi connectivity index (χ4n) is 3.31. The molecule has 3 heterocycles. The van der Waals surface area contributed by atoms with Crippen molar-refractivity contribution in [2.45, 2.75) is 13.5 Å². The number of ketones is 1. The number of fused-ring (bicyclic) bond motifs is 1. The first-order valence-electron chi connectivity index (χ1n) is 8.80. The zero-order valence-electron chi connectivity index (χ0n) is 15.5. The summed E-state index contributed by atoms with van der Waals surface area (Å²) in [4.78, 5) is 38.1. The smallest absolute Gasteiger partial charge is 0.410 e. The van der Waals surface area contributed by atoms with Gasteiger partial charge in [0.1, 0.15) is 5.82 Å². The summed E-state index contributed by atoms with van der Waals surface area (Å²) in [6, 6.07) is 11.4. The fourth-order valence-corrected chi connectivity index (χ4v) is 3.31. The number of aromatic nitrogens is 3. The lowest BCUT2D eigenvalue weighted by atomic mass is 10.0. The lowest BCUT2D eigenvalue weighted by molar-refractivity contribution is 0.0840. The standard InChI is InChI=1S/C20H19N5O3/c1-12-21-9-8-14(22-12)18-19(23-13-6-4-3-5-7-13)17-15(24-18)10-25(11-16(17)26)20(27)28-2/h3-9,23-24H,10-11H2,1-2H3. The molecule has 142 valence electrons. The normalized spacial score (nSPS) is 13.2. The number of ether oxygens (including phenoxy) is 1. The van der Waals surface area contributed by atoms with E-state index in [1.54, 1.807) is 19.2 Å². The summed E-state index contributed by atoms with van der Waals surface area (Å²) >= 11 is 0. The summed E-state index contributed by atoms with van der Waals surface area (Å²) in [5, 5.41) is 3.34. The van der Waals surface area contributed by atoms with Crippen molar-refractivity contribution < 1.29 is 14.3 Å². The average Bonchev–Trinajstić information content (AvgIpc) is 3.07. The Labute approximate surface area is 161 Å². The topological polar surface area (TPSA) is 100 Å². The molecule has 0 bridgehead atoms. The summed E-state index contributed by atoms with van der Waals surface area (Å²) in [6.45, 7) is 2.02. The van der Waals surface area contributed by atoms with Crippen LogP contribution in [0.5, 0.6) is 0 Å². The van der Waals surface area contributed by atoms with Crippen molar-refractivity contribution in [1.29, 1.82) is 0 Å². The summed E-state index contributed by atoms with van der Waals surface area (Å²) in [6.07, 6.45) is 1.14. The van der Waals surface area contributed by atoms with Crippen molar-refractivity contribution in [3.63, 3.8) is 0 Å². The van der Waals surface area contributed by atoms with Crippen molar-refractivity contribution in [3.05, 3.63) is 59.7 Å². The molecule has 8 heteroatoms. The number of H-pyrrole nitrogens is 1. The number of hydrogen-bond acceptors (Lipinski definition) is 6. The third-order valence-electron chi connectivity index (χ3n) is 4.55. The minimum atomic E-state index is -0.536. The number of anilines is 2. The van der Waals surface area contributed by atoms with Crippen LogP contribution < -0.4 is 5.32 Å². The highest BCUT2D eigenvalue weighted by atomic mass is 16.5. The molecule has 0 atom stereocenters. The number of carbonyl (C=O) groups is 2. The highest BCUT2D eigenvalue weighted by Gasteiger charge is 2.33. The molecule has 2 N–H and O–H groups in total. The van der Waals surface area contributed by atoms with Crippen molar-refractivity contribution in [2.75, 3.05) is 19.0 Å². The molecule has 0 spiro atoms. The van der Waals surface area contributed by atoms with Crippen LogP contribution in [0.25, 0.3) is 11.4 Å². The Morgan fingerprint density at radius 3 is 2.71 bits per heavy atom. The summed E-state index contributed by atoms with van der Waals surface area (Å²) in [7, 11) is 1.30. The molecule has 1 aliphatic heterocycles. The van der Waals surface area contributed by atoms with Crippen LogP contribution in [0.4, 0.5) is 16.2 Å². The van der Waals surface area contributed by atoms with Crippen LogP contribution in [0.15, 0.2) is 42.6 Å². The van der Waals surface area contributed by atoms with Gasteiger partial charge in [0.15, 0.2) is 5.78 Å². The largest absolute Gasteiger partial charge is 0.453 e. The van der Waals surface area contributed by atoms with Crippen LogP contribution in [0.3, 0.4) is 0 Å². The summed E-state index contributed by atoms with van der Waals surface area (Å²) in [5.41, 5.74) is 4.02. The first-order chi connectivity index (χ1) is 13.6. The number of rotatable bonds is 3. The van der Waals surface area contributed by atoms with Gasteiger partial charge in [-0.05, 0) is 25.1 Å². The molecule has 1 aliphatic rings. The Morgan fingerprint density at radius 1 is 1.21 bits per heavy atom. The lowest BCUT2D eigenvalue weighted by Gasteiger charge is -2.25. The van der Waals surface area contributed by atoms with Gasteiger partial charge in [0.05, 0.1) is 42.8 Å². The van der Waals surface area contributed by atoms with Gasteiger partial charge < -0.3 is 15.0 Å². The van der Waals surface area contributed by atoms with Gasteiger partial charge in [-0.15, -0.1) is 0 Å². The molecule has 28 heavy (non-hydrogen) atoms. The molecule has 0 fully saturated rings.